The molecule has 1 aliphatic carbocycles. The molecule has 0 saturated heterocycles. The van der Waals surface area contributed by atoms with Crippen molar-refractivity contribution in [2.24, 2.45) is 18.4 Å². The molecule has 1 N–H and O–H groups in total. The van der Waals surface area contributed by atoms with Gasteiger partial charge in [-0.15, -0.1) is 0 Å². The van der Waals surface area contributed by atoms with E-state index in [4.69, 9.17) is 0 Å². The molecule has 2 heterocycles. The van der Waals surface area contributed by atoms with E-state index >= 15 is 0 Å². The topological polar surface area (TPSA) is 42.7 Å². The largest absolute Gasteiger partial charge is 0.381 e. The number of nitrogens with zero attached hydrogens (tertiary/aromatic N) is 3. The molecule has 1 fully saturated rings. The van der Waals surface area contributed by atoms with Gasteiger partial charge in [0, 0.05) is 18.5 Å². The van der Waals surface area contributed by atoms with Gasteiger partial charge in [0.2, 0.25) is 0 Å². The van der Waals surface area contributed by atoms with E-state index in [1.165, 1.54) is 19.3 Å². The maximum atomic E-state index is 4.56. The molecule has 3 rings (SSSR count). The van der Waals surface area contributed by atoms with Crippen LogP contribution >= 0.6 is 0 Å². The maximum absolute atomic E-state index is 4.56. The molecule has 2 aromatic heterocycles. The van der Waals surface area contributed by atoms with Crippen LogP contribution in [0.25, 0.3) is 11.0 Å². The maximum Gasteiger partial charge on any atom is 0.157 e. The zero-order valence-corrected chi connectivity index (χ0v) is 13.8. The minimum absolute atomic E-state index is 0.486. The molecule has 0 amide bonds. The lowest BCUT2D eigenvalue weighted by molar-refractivity contribution is 0.177. The molecule has 0 radical (unpaired) electrons. The average Bonchev–Trinajstić information content (AvgIpc) is 2.68. The molecule has 114 valence electrons. The third-order valence-electron chi connectivity index (χ3n) is 4.91. The van der Waals surface area contributed by atoms with Crippen molar-refractivity contribution < 1.29 is 0 Å². The number of rotatable bonds is 2. The molecular formula is C17H26N4. The first-order valence-electron chi connectivity index (χ1n) is 7.92. The van der Waals surface area contributed by atoms with Crippen molar-refractivity contribution in [3.05, 3.63) is 18.0 Å². The van der Waals surface area contributed by atoms with E-state index in [-0.39, 0.29) is 0 Å². The van der Waals surface area contributed by atoms with Gasteiger partial charge in [-0.3, -0.25) is 4.68 Å². The molecular weight excluding hydrogens is 260 g/mol. The fourth-order valence-corrected chi connectivity index (χ4v) is 3.76. The molecule has 0 aromatic carbocycles. The number of nitrogens with one attached hydrogen (secondary N) is 1. The van der Waals surface area contributed by atoms with Crippen molar-refractivity contribution in [2.45, 2.75) is 53.0 Å². The smallest absolute Gasteiger partial charge is 0.157 e. The Morgan fingerprint density at radius 2 is 2.14 bits per heavy atom. The van der Waals surface area contributed by atoms with E-state index in [1.807, 2.05) is 24.9 Å². The van der Waals surface area contributed by atoms with Crippen LogP contribution in [0.15, 0.2) is 12.3 Å². The predicted octanol–water partition coefficient (Wildman–Crippen LogP) is 3.90. The summed E-state index contributed by atoms with van der Waals surface area (Å²) < 4.78 is 1.85. The van der Waals surface area contributed by atoms with Gasteiger partial charge >= 0.3 is 0 Å². The standard InChI is InChI=1S/C17H26N4/c1-11-9-17(3,4)7-6-15(11)19-13-8-14-12(2)20-21(5)16(14)18-10-13/h8,10-11,15,19H,6-7,9H2,1-5H3. The molecule has 0 bridgehead atoms. The summed E-state index contributed by atoms with van der Waals surface area (Å²) in [5.41, 5.74) is 3.60. The Labute approximate surface area is 126 Å². The van der Waals surface area contributed by atoms with E-state index in [0.29, 0.717) is 17.4 Å². The molecule has 4 nitrogen and oxygen atoms in total. The Kier molecular flexibility index (Phi) is 3.42. The minimum Gasteiger partial charge on any atom is -0.381 e. The summed E-state index contributed by atoms with van der Waals surface area (Å²) in [7, 11) is 1.95. The number of fused-ring (bicyclic) bond motifs is 1. The van der Waals surface area contributed by atoms with Crippen molar-refractivity contribution in [3.63, 3.8) is 0 Å². The Bertz CT molecular complexity index is 656. The van der Waals surface area contributed by atoms with Crippen LogP contribution in [0.2, 0.25) is 0 Å². The first-order chi connectivity index (χ1) is 9.85. The van der Waals surface area contributed by atoms with Crippen LogP contribution in [0.4, 0.5) is 5.69 Å². The third-order valence-corrected chi connectivity index (χ3v) is 4.91. The van der Waals surface area contributed by atoms with Crippen LogP contribution in [-0.2, 0) is 7.05 Å². The fraction of sp³-hybridized carbons (Fsp3) is 0.647. The van der Waals surface area contributed by atoms with Crippen molar-refractivity contribution >= 4 is 16.7 Å². The lowest BCUT2D eigenvalue weighted by Gasteiger charge is -2.39. The molecule has 2 aromatic rings. The van der Waals surface area contributed by atoms with E-state index in [1.54, 1.807) is 0 Å². The van der Waals surface area contributed by atoms with E-state index in [0.717, 1.165) is 22.4 Å². The number of aromatic nitrogens is 3. The average molecular weight is 286 g/mol. The van der Waals surface area contributed by atoms with Crippen molar-refractivity contribution in [3.8, 4) is 0 Å². The zero-order chi connectivity index (χ0) is 15.2. The second kappa shape index (κ2) is 5.00. The lowest BCUT2D eigenvalue weighted by atomic mass is 9.70. The number of pyridine rings is 1. The summed E-state index contributed by atoms with van der Waals surface area (Å²) in [5, 5.41) is 9.28. The van der Waals surface area contributed by atoms with Gasteiger partial charge in [-0.05, 0) is 43.6 Å². The molecule has 2 atom stereocenters. The zero-order valence-electron chi connectivity index (χ0n) is 13.8. The second-order valence-electron chi connectivity index (χ2n) is 7.44. The monoisotopic (exact) mass is 286 g/mol. The van der Waals surface area contributed by atoms with Crippen molar-refractivity contribution in [1.29, 1.82) is 0 Å². The summed E-state index contributed by atoms with van der Waals surface area (Å²) in [6.45, 7) is 9.16. The highest BCUT2D eigenvalue weighted by Crippen LogP contribution is 2.39. The van der Waals surface area contributed by atoms with Crippen LogP contribution in [0.3, 0.4) is 0 Å². The highest BCUT2D eigenvalue weighted by molar-refractivity contribution is 5.81. The Balaban J connectivity index is 1.81. The summed E-state index contributed by atoms with van der Waals surface area (Å²) in [6.07, 6.45) is 5.75. The van der Waals surface area contributed by atoms with E-state index in [2.05, 4.69) is 42.2 Å². The van der Waals surface area contributed by atoms with E-state index < -0.39 is 0 Å². The number of anilines is 1. The second-order valence-corrected chi connectivity index (χ2v) is 7.44. The van der Waals surface area contributed by atoms with Gasteiger partial charge in [0.25, 0.3) is 0 Å². The summed E-state index contributed by atoms with van der Waals surface area (Å²) in [4.78, 5) is 4.56. The Morgan fingerprint density at radius 1 is 1.38 bits per heavy atom. The van der Waals surface area contributed by atoms with Crippen LogP contribution in [-0.4, -0.2) is 20.8 Å². The third kappa shape index (κ3) is 2.76. The molecule has 0 spiro atoms. The summed E-state index contributed by atoms with van der Waals surface area (Å²) in [6, 6.07) is 2.74. The molecule has 0 aliphatic heterocycles. The van der Waals surface area contributed by atoms with Crippen LogP contribution in [0, 0.1) is 18.3 Å². The van der Waals surface area contributed by atoms with Crippen LogP contribution < -0.4 is 5.32 Å². The fourth-order valence-electron chi connectivity index (χ4n) is 3.76. The quantitative estimate of drug-likeness (QED) is 0.910. The van der Waals surface area contributed by atoms with Gasteiger partial charge in [0.1, 0.15) is 0 Å². The van der Waals surface area contributed by atoms with Crippen LogP contribution in [0.5, 0.6) is 0 Å². The van der Waals surface area contributed by atoms with Gasteiger partial charge < -0.3 is 5.32 Å². The normalized spacial score (nSPS) is 25.2. The van der Waals surface area contributed by atoms with Crippen molar-refractivity contribution in [1.82, 2.24) is 14.8 Å². The number of aryl methyl sites for hydroxylation is 2. The molecule has 2 unspecified atom stereocenters. The predicted molar refractivity (Wildman–Crippen MR) is 87.5 cm³/mol. The Hall–Kier alpha value is -1.58. The molecule has 1 saturated carbocycles. The number of hydrogen-bond donors (Lipinski definition) is 1. The SMILES string of the molecule is Cc1nn(C)c2ncc(NC3CCC(C)(C)CC3C)cc12. The lowest BCUT2D eigenvalue weighted by Crippen LogP contribution is -2.36. The highest BCUT2D eigenvalue weighted by Gasteiger charge is 2.32. The first-order valence-corrected chi connectivity index (χ1v) is 7.92. The molecule has 21 heavy (non-hydrogen) atoms. The highest BCUT2D eigenvalue weighted by atomic mass is 15.3. The summed E-state index contributed by atoms with van der Waals surface area (Å²) >= 11 is 0. The van der Waals surface area contributed by atoms with Crippen LogP contribution in [0.1, 0.15) is 45.7 Å². The summed E-state index contributed by atoms with van der Waals surface area (Å²) in [5.74, 6) is 0.694. The van der Waals surface area contributed by atoms with Gasteiger partial charge in [-0.2, -0.15) is 5.10 Å². The van der Waals surface area contributed by atoms with Gasteiger partial charge in [0.05, 0.1) is 17.6 Å². The molecule has 1 aliphatic rings. The Morgan fingerprint density at radius 3 is 2.86 bits per heavy atom. The van der Waals surface area contributed by atoms with Gasteiger partial charge in [-0.1, -0.05) is 20.8 Å². The van der Waals surface area contributed by atoms with Gasteiger partial charge in [-0.25, -0.2) is 4.98 Å². The van der Waals surface area contributed by atoms with Crippen molar-refractivity contribution in [2.75, 3.05) is 5.32 Å². The number of hydrogen-bond acceptors (Lipinski definition) is 3. The van der Waals surface area contributed by atoms with E-state index in [9.17, 15) is 0 Å². The van der Waals surface area contributed by atoms with Gasteiger partial charge in [0.15, 0.2) is 5.65 Å². The minimum atomic E-state index is 0.486. The first kappa shape index (κ1) is 14.4. The molecule has 4 heteroatoms.